The third kappa shape index (κ3) is 10.8. The van der Waals surface area contributed by atoms with Crippen LogP contribution in [0.15, 0.2) is 36.4 Å². The summed E-state index contributed by atoms with van der Waals surface area (Å²) in [4.78, 5) is 32.4. The van der Waals surface area contributed by atoms with Crippen molar-refractivity contribution in [1.29, 1.82) is 0 Å². The molecule has 16 heteroatoms. The second-order valence-electron chi connectivity index (χ2n) is 8.16. The summed E-state index contributed by atoms with van der Waals surface area (Å²) in [6, 6.07) is 8.27. The van der Waals surface area contributed by atoms with E-state index in [1.54, 1.807) is 0 Å². The minimum absolute atomic E-state index is 0. The zero-order chi connectivity index (χ0) is 34.3. The van der Waals surface area contributed by atoms with Crippen LogP contribution < -0.4 is 42.6 Å². The van der Waals surface area contributed by atoms with Crippen LogP contribution in [0.25, 0.3) is 0 Å². The van der Waals surface area contributed by atoms with Crippen molar-refractivity contribution in [2.75, 3.05) is 64.0 Å². The van der Waals surface area contributed by atoms with Crippen LogP contribution in [0.5, 0.6) is 51.7 Å². The van der Waals surface area contributed by atoms with Gasteiger partial charge < -0.3 is 58.0 Å². The predicted octanol–water partition coefficient (Wildman–Crippen LogP) is 4.23. The van der Waals surface area contributed by atoms with Gasteiger partial charge in [-0.1, -0.05) is 0 Å². The average molecular weight is 776 g/mol. The van der Waals surface area contributed by atoms with E-state index in [4.69, 9.17) is 58.0 Å². The number of carboxylic acid groups (broad SMARTS) is 3. The van der Waals surface area contributed by atoms with Crippen LogP contribution in [-0.2, 0) is 0 Å². The van der Waals surface area contributed by atoms with Gasteiger partial charge in [0.15, 0.2) is 34.5 Å². The van der Waals surface area contributed by atoms with E-state index in [2.05, 4.69) is 0 Å². The Balaban J connectivity index is 0.000000653. The van der Waals surface area contributed by atoms with Crippen molar-refractivity contribution in [2.24, 2.45) is 0 Å². The first kappa shape index (κ1) is 41.5. The molecular weight excluding hydrogens is 739 g/mol. The van der Waals surface area contributed by atoms with Crippen LogP contribution in [0, 0.1) is 35.6 Å². The van der Waals surface area contributed by atoms with Crippen LogP contribution in [0.3, 0.4) is 0 Å². The molecule has 0 aliphatic carbocycles. The Morgan fingerprint density at radius 2 is 0.522 bits per heavy atom. The fourth-order valence-electron chi connectivity index (χ4n) is 3.61. The number of hydrogen-bond acceptors (Lipinski definition) is 12. The molecule has 0 bridgehead atoms. The van der Waals surface area contributed by atoms with E-state index in [0.29, 0.717) is 51.7 Å². The molecule has 3 N–H and O–H groups in total. The third-order valence-corrected chi connectivity index (χ3v) is 5.74. The molecule has 249 valence electrons. The quantitative estimate of drug-likeness (QED) is 0.236. The smallest absolute Gasteiger partial charge is 0.335 e. The molecule has 0 aliphatic heterocycles. The summed E-state index contributed by atoms with van der Waals surface area (Å²) in [6.07, 6.45) is 0. The van der Waals surface area contributed by atoms with Gasteiger partial charge in [-0.05, 0) is 36.4 Å². The first-order valence-electron chi connectivity index (χ1n) is 12.5. The van der Waals surface area contributed by atoms with Crippen LogP contribution in [0.2, 0.25) is 0 Å². The van der Waals surface area contributed by atoms with Crippen molar-refractivity contribution < 1.29 is 108 Å². The van der Waals surface area contributed by atoms with Crippen LogP contribution in [0.4, 0.5) is 0 Å². The van der Waals surface area contributed by atoms with E-state index in [-0.39, 0.29) is 52.3 Å². The van der Waals surface area contributed by atoms with Gasteiger partial charge >= 0.3 is 17.9 Å². The topological polar surface area (TPSA) is 195 Å². The first-order valence-corrected chi connectivity index (χ1v) is 12.5. The molecule has 46 heavy (non-hydrogen) atoms. The number of carbonyl (C=O) groups is 3. The largest absolute Gasteiger partial charge is 0.493 e. The summed E-state index contributed by atoms with van der Waals surface area (Å²) in [7, 11) is 13.0. The Morgan fingerprint density at radius 3 is 0.609 bits per heavy atom. The van der Waals surface area contributed by atoms with E-state index in [1.807, 2.05) is 0 Å². The van der Waals surface area contributed by atoms with Gasteiger partial charge in [0, 0.05) is 35.6 Å². The molecule has 0 amide bonds. The van der Waals surface area contributed by atoms with Crippen molar-refractivity contribution >= 4 is 17.9 Å². The molecule has 0 spiro atoms. The zero-order valence-corrected chi connectivity index (χ0v) is 30.4. The molecule has 0 saturated carbocycles. The summed E-state index contributed by atoms with van der Waals surface area (Å²) >= 11 is 0. The fourth-order valence-corrected chi connectivity index (χ4v) is 3.61. The standard InChI is InChI=1S/3C10H12O5.La/c3*1-13-7-4-6(10(11)12)5-8(14-2)9(7)15-3;/h3*4-5H,1-3H3,(H,11,12);. The van der Waals surface area contributed by atoms with Crippen molar-refractivity contribution in [1.82, 2.24) is 0 Å². The Bertz CT molecular complexity index is 1220. The maximum atomic E-state index is 10.8. The van der Waals surface area contributed by atoms with Gasteiger partial charge in [-0.25, -0.2) is 14.4 Å². The normalized spacial score (nSPS) is 9.33. The summed E-state index contributed by atoms with van der Waals surface area (Å²) < 4.78 is 45.2. The Hall–Kier alpha value is -4.54. The van der Waals surface area contributed by atoms with Gasteiger partial charge in [0.05, 0.1) is 80.7 Å². The molecule has 0 heterocycles. The maximum Gasteiger partial charge on any atom is 0.335 e. The predicted molar refractivity (Wildman–Crippen MR) is 159 cm³/mol. The number of benzene rings is 3. The number of methoxy groups -OCH3 is 9. The average Bonchev–Trinajstić information content (AvgIpc) is 3.06. The molecule has 0 saturated heterocycles. The monoisotopic (exact) mass is 775 g/mol. The summed E-state index contributed by atoms with van der Waals surface area (Å²) in [6.45, 7) is 0. The van der Waals surface area contributed by atoms with Crippen molar-refractivity contribution in [3.63, 3.8) is 0 Å². The van der Waals surface area contributed by atoms with Gasteiger partial charge in [-0.2, -0.15) is 0 Å². The SMILES string of the molecule is COc1cc(C(=O)O)cc(OC)c1OC.COc1cc(C(=O)O)cc(OC)c1OC.COc1cc(C(=O)O)cc(OC)c1OC.[La]. The number of aromatic carboxylic acids is 3. The van der Waals surface area contributed by atoms with E-state index < -0.39 is 17.9 Å². The third-order valence-electron chi connectivity index (χ3n) is 5.74. The molecule has 15 nitrogen and oxygen atoms in total. The molecule has 3 aromatic carbocycles. The Morgan fingerprint density at radius 1 is 0.370 bits per heavy atom. The van der Waals surface area contributed by atoms with E-state index in [0.717, 1.165) is 0 Å². The van der Waals surface area contributed by atoms with Crippen molar-refractivity contribution in [3.8, 4) is 51.7 Å². The molecule has 0 fully saturated rings. The summed E-state index contributed by atoms with van der Waals surface area (Å²) in [5.74, 6) is -0.0340. The van der Waals surface area contributed by atoms with E-state index >= 15 is 0 Å². The van der Waals surface area contributed by atoms with E-state index in [1.165, 1.54) is 100 Å². The molecule has 0 aliphatic rings. The number of ether oxygens (including phenoxy) is 9. The molecule has 0 aromatic heterocycles. The zero-order valence-electron chi connectivity index (χ0n) is 26.8. The van der Waals surface area contributed by atoms with Gasteiger partial charge in [0.1, 0.15) is 0 Å². The molecular formula is C30H36LaO15. The van der Waals surface area contributed by atoms with Gasteiger partial charge in [0.2, 0.25) is 17.2 Å². The summed E-state index contributed by atoms with van der Waals surface area (Å²) in [5, 5.41) is 26.5. The minimum Gasteiger partial charge on any atom is -0.493 e. The van der Waals surface area contributed by atoms with Gasteiger partial charge in [0.25, 0.3) is 0 Å². The number of rotatable bonds is 12. The number of hydrogen-bond donors (Lipinski definition) is 3. The number of carboxylic acids is 3. The fraction of sp³-hybridized carbons (Fsp3) is 0.300. The van der Waals surface area contributed by atoms with Gasteiger partial charge in [-0.15, -0.1) is 0 Å². The molecule has 3 rings (SSSR count). The van der Waals surface area contributed by atoms with Crippen LogP contribution in [-0.4, -0.2) is 97.2 Å². The van der Waals surface area contributed by atoms with Crippen LogP contribution in [0.1, 0.15) is 31.1 Å². The molecule has 0 unspecified atom stereocenters. The van der Waals surface area contributed by atoms with Crippen LogP contribution >= 0.6 is 0 Å². The molecule has 3 aromatic rings. The van der Waals surface area contributed by atoms with Gasteiger partial charge in [-0.3, -0.25) is 0 Å². The Kier molecular flexibility index (Phi) is 18.5. The Labute approximate surface area is 293 Å². The van der Waals surface area contributed by atoms with Crippen molar-refractivity contribution in [3.05, 3.63) is 53.1 Å². The van der Waals surface area contributed by atoms with E-state index in [9.17, 15) is 14.4 Å². The maximum absolute atomic E-state index is 10.8. The first-order chi connectivity index (χ1) is 21.4. The second kappa shape index (κ2) is 20.5. The molecule has 1 radical (unpaired) electrons. The second-order valence-corrected chi connectivity index (χ2v) is 8.16. The molecule has 0 atom stereocenters. The minimum atomic E-state index is -1.05. The van der Waals surface area contributed by atoms with Crippen molar-refractivity contribution in [2.45, 2.75) is 0 Å². The summed E-state index contributed by atoms with van der Waals surface area (Å²) in [5.41, 5.74) is 0.263.